The zero-order valence-corrected chi connectivity index (χ0v) is 21.7. The van der Waals surface area contributed by atoms with Crippen molar-refractivity contribution in [1.82, 2.24) is 18.9 Å². The number of pyridine rings is 1. The monoisotopic (exact) mass is 559 g/mol. The van der Waals surface area contributed by atoms with E-state index < -0.39 is 39.3 Å². The highest BCUT2D eigenvalue weighted by Crippen LogP contribution is 2.35. The van der Waals surface area contributed by atoms with Crippen molar-refractivity contribution in [1.29, 1.82) is 0 Å². The van der Waals surface area contributed by atoms with E-state index in [0.717, 1.165) is 15.7 Å². The summed E-state index contributed by atoms with van der Waals surface area (Å²) in [5.41, 5.74) is -0.716. The molecule has 1 aromatic carbocycles. The highest BCUT2D eigenvalue weighted by molar-refractivity contribution is 7.90. The van der Waals surface area contributed by atoms with E-state index in [4.69, 9.17) is 11.6 Å². The van der Waals surface area contributed by atoms with Crippen LogP contribution in [0.15, 0.2) is 53.8 Å². The summed E-state index contributed by atoms with van der Waals surface area (Å²) in [5, 5.41) is 23.5. The van der Waals surface area contributed by atoms with Gasteiger partial charge in [-0.05, 0) is 38.0 Å². The molecule has 0 spiro atoms. The van der Waals surface area contributed by atoms with Gasteiger partial charge in [0.1, 0.15) is 0 Å². The number of anilines is 1. The largest absolute Gasteiger partial charge is 0.479 e. The third kappa shape index (κ3) is 4.38. The van der Waals surface area contributed by atoms with E-state index in [1.54, 1.807) is 12.1 Å². The maximum absolute atomic E-state index is 14.8. The van der Waals surface area contributed by atoms with Gasteiger partial charge in [-0.3, -0.25) is 0 Å². The summed E-state index contributed by atoms with van der Waals surface area (Å²) in [6.07, 6.45) is 3.60. The Morgan fingerprint density at radius 2 is 1.95 bits per heavy atom. The SMILES string of the molecule is Cc1ccc(S(=O)(=O)n2cc(-c3ncc(F)c(NC4(C(=O)O)CCCCC4O)n3)c3cc(Cl)cnc32)cc1. The van der Waals surface area contributed by atoms with Crippen LogP contribution in [0.1, 0.15) is 31.2 Å². The van der Waals surface area contributed by atoms with Gasteiger partial charge >= 0.3 is 5.97 Å². The number of carboxylic acid groups (broad SMARTS) is 1. The number of nitrogens with zero attached hydrogens (tertiary/aromatic N) is 4. The van der Waals surface area contributed by atoms with Crippen molar-refractivity contribution in [2.75, 3.05) is 5.32 Å². The standard InChI is InChI=1S/C25H23ClFN5O5S/c1-14-5-7-16(8-6-14)38(36,37)32-13-18(17-10-15(26)11-29-23(17)32)21-28-12-19(27)22(30-21)31-25(24(34)35)9-3-2-4-20(25)33/h5-8,10-13,20,33H,2-4,9H2,1H3,(H,34,35)(H,28,30,31). The Hall–Kier alpha value is -3.61. The number of aromatic nitrogens is 4. The number of aryl methyl sites for hydroxylation is 1. The fraction of sp³-hybridized carbons (Fsp3) is 0.280. The summed E-state index contributed by atoms with van der Waals surface area (Å²) in [4.78, 5) is 24.6. The Balaban J connectivity index is 1.65. The Kier molecular flexibility index (Phi) is 6.58. The number of aliphatic hydroxyl groups excluding tert-OH is 1. The van der Waals surface area contributed by atoms with Gasteiger partial charge in [-0.1, -0.05) is 42.1 Å². The molecular weight excluding hydrogens is 537 g/mol. The van der Waals surface area contributed by atoms with Crippen molar-refractivity contribution in [3.8, 4) is 11.4 Å². The van der Waals surface area contributed by atoms with Crippen LogP contribution < -0.4 is 5.32 Å². The number of hydrogen-bond donors (Lipinski definition) is 3. The first-order valence-electron chi connectivity index (χ1n) is 11.7. The number of hydrogen-bond acceptors (Lipinski definition) is 8. The molecule has 3 heterocycles. The van der Waals surface area contributed by atoms with Crippen LogP contribution in [0.25, 0.3) is 22.4 Å². The van der Waals surface area contributed by atoms with Crippen LogP contribution in [0, 0.1) is 12.7 Å². The van der Waals surface area contributed by atoms with E-state index in [-0.39, 0.29) is 45.2 Å². The van der Waals surface area contributed by atoms with Crippen molar-refractivity contribution in [3.05, 3.63) is 65.3 Å². The second kappa shape index (κ2) is 9.61. The third-order valence-corrected chi connectivity index (χ3v) is 8.60. The summed E-state index contributed by atoms with van der Waals surface area (Å²) in [5.74, 6) is -2.79. The molecule has 1 aliphatic rings. The van der Waals surface area contributed by atoms with E-state index in [1.807, 2.05) is 6.92 Å². The first-order chi connectivity index (χ1) is 18.0. The minimum Gasteiger partial charge on any atom is -0.479 e. The molecular formula is C25H23ClFN5O5S. The number of aliphatic carboxylic acids is 1. The summed E-state index contributed by atoms with van der Waals surface area (Å²) in [6.45, 7) is 1.83. The molecule has 13 heteroatoms. The average molecular weight is 560 g/mol. The smallest absolute Gasteiger partial charge is 0.332 e. The highest BCUT2D eigenvalue weighted by atomic mass is 35.5. The maximum atomic E-state index is 14.8. The van der Waals surface area contributed by atoms with Gasteiger partial charge in [0.15, 0.2) is 28.6 Å². The number of rotatable bonds is 6. The van der Waals surface area contributed by atoms with Gasteiger partial charge < -0.3 is 15.5 Å². The fourth-order valence-electron chi connectivity index (χ4n) is 4.64. The van der Waals surface area contributed by atoms with Crippen molar-refractivity contribution in [3.63, 3.8) is 0 Å². The molecule has 38 heavy (non-hydrogen) atoms. The second-order valence-corrected chi connectivity index (χ2v) is 11.5. The number of fused-ring (bicyclic) bond motifs is 1. The van der Waals surface area contributed by atoms with Crippen molar-refractivity contribution in [2.24, 2.45) is 0 Å². The maximum Gasteiger partial charge on any atom is 0.332 e. The van der Waals surface area contributed by atoms with Crippen LogP contribution in [-0.4, -0.2) is 55.2 Å². The minimum atomic E-state index is -4.10. The molecule has 1 saturated carbocycles. The van der Waals surface area contributed by atoms with Gasteiger partial charge in [-0.15, -0.1) is 0 Å². The van der Waals surface area contributed by atoms with Crippen LogP contribution in [0.4, 0.5) is 10.2 Å². The molecule has 1 aliphatic carbocycles. The van der Waals surface area contributed by atoms with Crippen LogP contribution in [0.3, 0.4) is 0 Å². The van der Waals surface area contributed by atoms with Crippen LogP contribution in [0.5, 0.6) is 0 Å². The zero-order valence-electron chi connectivity index (χ0n) is 20.1. The van der Waals surface area contributed by atoms with Gasteiger partial charge in [0, 0.05) is 23.3 Å². The summed E-state index contributed by atoms with van der Waals surface area (Å²) in [7, 11) is -4.10. The zero-order chi connectivity index (χ0) is 27.2. The highest BCUT2D eigenvalue weighted by Gasteiger charge is 2.47. The molecule has 3 aromatic heterocycles. The molecule has 0 saturated heterocycles. The van der Waals surface area contributed by atoms with E-state index in [9.17, 15) is 27.8 Å². The molecule has 2 unspecified atom stereocenters. The van der Waals surface area contributed by atoms with Gasteiger partial charge in [0.2, 0.25) is 0 Å². The van der Waals surface area contributed by atoms with E-state index >= 15 is 0 Å². The minimum absolute atomic E-state index is 0.0281. The van der Waals surface area contributed by atoms with Gasteiger partial charge in [0.05, 0.1) is 22.2 Å². The number of nitrogens with one attached hydrogen (secondary N) is 1. The molecule has 2 atom stereocenters. The summed E-state index contributed by atoms with van der Waals surface area (Å²) in [6, 6.07) is 7.78. The van der Waals surface area contributed by atoms with Crippen molar-refractivity contribution in [2.45, 2.75) is 49.1 Å². The Bertz CT molecular complexity index is 1660. The molecule has 4 aromatic rings. The number of carboxylic acids is 1. The Labute approximate surface area is 222 Å². The lowest BCUT2D eigenvalue weighted by Crippen LogP contribution is -2.57. The van der Waals surface area contributed by atoms with Crippen molar-refractivity contribution < 1.29 is 27.8 Å². The molecule has 3 N–H and O–H groups in total. The number of aliphatic hydroxyl groups is 1. The molecule has 0 radical (unpaired) electrons. The first-order valence-corrected chi connectivity index (χ1v) is 13.6. The van der Waals surface area contributed by atoms with Gasteiger partial charge in [-0.2, -0.15) is 0 Å². The molecule has 1 fully saturated rings. The van der Waals surface area contributed by atoms with Crippen molar-refractivity contribution >= 4 is 44.4 Å². The van der Waals surface area contributed by atoms with Gasteiger partial charge in [0.25, 0.3) is 10.0 Å². The number of halogens is 2. The van der Waals surface area contributed by atoms with Gasteiger partial charge in [-0.25, -0.2) is 36.5 Å². The lowest BCUT2D eigenvalue weighted by Gasteiger charge is -2.38. The predicted molar refractivity (Wildman–Crippen MR) is 138 cm³/mol. The third-order valence-electron chi connectivity index (χ3n) is 6.73. The van der Waals surface area contributed by atoms with E-state index in [1.165, 1.54) is 30.6 Å². The number of carbonyl (C=O) groups is 1. The lowest BCUT2D eigenvalue weighted by atomic mass is 9.79. The number of benzene rings is 1. The topological polar surface area (TPSA) is 147 Å². The van der Waals surface area contributed by atoms with Crippen LogP contribution in [0.2, 0.25) is 5.02 Å². The molecule has 0 bridgehead atoms. The predicted octanol–water partition coefficient (Wildman–Crippen LogP) is 4.00. The average Bonchev–Trinajstić information content (AvgIpc) is 3.26. The molecule has 0 amide bonds. The second-order valence-electron chi connectivity index (χ2n) is 9.23. The molecule has 0 aliphatic heterocycles. The molecule has 10 nitrogen and oxygen atoms in total. The molecule has 5 rings (SSSR count). The quantitative estimate of drug-likeness (QED) is 0.319. The Morgan fingerprint density at radius 3 is 2.63 bits per heavy atom. The summed E-state index contributed by atoms with van der Waals surface area (Å²) < 4.78 is 42.8. The fourth-order valence-corrected chi connectivity index (χ4v) is 6.12. The Morgan fingerprint density at radius 1 is 1.21 bits per heavy atom. The normalized spacial score (nSPS) is 19.9. The molecule has 198 valence electrons. The van der Waals surface area contributed by atoms with E-state index in [0.29, 0.717) is 12.8 Å². The summed E-state index contributed by atoms with van der Waals surface area (Å²) >= 11 is 6.16. The van der Waals surface area contributed by atoms with Crippen LogP contribution in [-0.2, 0) is 14.8 Å². The first kappa shape index (κ1) is 26.0. The van der Waals surface area contributed by atoms with E-state index in [2.05, 4.69) is 20.3 Å². The lowest BCUT2D eigenvalue weighted by molar-refractivity contribution is -0.148. The van der Waals surface area contributed by atoms with Crippen LogP contribution >= 0.6 is 11.6 Å².